The van der Waals surface area contributed by atoms with Gasteiger partial charge in [0.1, 0.15) is 0 Å². The van der Waals surface area contributed by atoms with Gasteiger partial charge in [-0.25, -0.2) is 0 Å². The Hall–Kier alpha value is -0.600. The molecular weight excluding hydrogens is 352 g/mol. The summed E-state index contributed by atoms with van der Waals surface area (Å²) in [5, 5.41) is 7.72. The first-order valence-corrected chi connectivity index (χ1v) is 12.5. The van der Waals surface area contributed by atoms with Crippen molar-refractivity contribution in [3.63, 3.8) is 0 Å². The van der Waals surface area contributed by atoms with Crippen molar-refractivity contribution >= 4 is 0 Å². The van der Waals surface area contributed by atoms with Gasteiger partial charge < -0.3 is 10.6 Å². The molecule has 0 heterocycles. The van der Waals surface area contributed by atoms with Crippen LogP contribution in [0.25, 0.3) is 0 Å². The summed E-state index contributed by atoms with van der Waals surface area (Å²) >= 11 is 0. The van der Waals surface area contributed by atoms with E-state index in [9.17, 15) is 0 Å². The molecule has 3 rings (SSSR count). The van der Waals surface area contributed by atoms with E-state index in [-0.39, 0.29) is 16.5 Å². The first-order valence-electron chi connectivity index (χ1n) is 12.5. The van der Waals surface area contributed by atoms with Crippen LogP contribution in [0.3, 0.4) is 0 Å². The standard InChI is InChI=1S/C27H48N2/c1-25(2,3)28-19-27(20-29-26(4,5)6)17-23(21-13-9-7-10-14-21)24(18-27)22-15-11-8-12-16-22/h17-18,21-22,28-29H,7-16,19-20H2,1-6H3. The van der Waals surface area contributed by atoms with Gasteiger partial charge in [0.25, 0.3) is 0 Å². The highest BCUT2D eigenvalue weighted by Crippen LogP contribution is 2.47. The number of nitrogens with one attached hydrogen (secondary N) is 2. The molecule has 166 valence electrons. The smallest absolute Gasteiger partial charge is 0.0323 e. The Labute approximate surface area is 181 Å². The van der Waals surface area contributed by atoms with Crippen LogP contribution in [0, 0.1) is 17.3 Å². The third kappa shape index (κ3) is 6.69. The van der Waals surface area contributed by atoms with Crippen molar-refractivity contribution in [2.24, 2.45) is 17.3 Å². The quantitative estimate of drug-likeness (QED) is 0.513. The third-order valence-corrected chi connectivity index (χ3v) is 7.20. The second-order valence-corrected chi connectivity index (χ2v) is 12.3. The van der Waals surface area contributed by atoms with Gasteiger partial charge >= 0.3 is 0 Å². The summed E-state index contributed by atoms with van der Waals surface area (Å²) in [4.78, 5) is 0. The lowest BCUT2D eigenvalue weighted by atomic mass is 9.75. The zero-order valence-electron chi connectivity index (χ0n) is 20.3. The lowest BCUT2D eigenvalue weighted by Gasteiger charge is -2.34. The van der Waals surface area contributed by atoms with Crippen LogP contribution in [0.5, 0.6) is 0 Å². The van der Waals surface area contributed by atoms with Gasteiger partial charge in [-0.3, -0.25) is 0 Å². The Morgan fingerprint density at radius 2 is 1.00 bits per heavy atom. The molecular formula is C27H48N2. The number of allylic oxidation sites excluding steroid dienone is 2. The van der Waals surface area contributed by atoms with Crippen molar-refractivity contribution in [2.75, 3.05) is 13.1 Å². The summed E-state index contributed by atoms with van der Waals surface area (Å²) < 4.78 is 0. The van der Waals surface area contributed by atoms with Crippen molar-refractivity contribution in [3.8, 4) is 0 Å². The van der Waals surface area contributed by atoms with Crippen molar-refractivity contribution in [3.05, 3.63) is 23.3 Å². The third-order valence-electron chi connectivity index (χ3n) is 7.20. The molecule has 0 amide bonds. The molecule has 0 unspecified atom stereocenters. The van der Waals surface area contributed by atoms with Crippen LogP contribution in [0.4, 0.5) is 0 Å². The first-order chi connectivity index (χ1) is 13.6. The molecule has 0 radical (unpaired) electrons. The molecule has 2 fully saturated rings. The molecule has 0 bridgehead atoms. The fourth-order valence-electron chi connectivity index (χ4n) is 5.49. The molecule has 2 saturated carbocycles. The van der Waals surface area contributed by atoms with E-state index < -0.39 is 0 Å². The summed E-state index contributed by atoms with van der Waals surface area (Å²) in [6.07, 6.45) is 19.7. The Kier molecular flexibility index (Phi) is 7.37. The van der Waals surface area contributed by atoms with E-state index in [1.807, 2.05) is 0 Å². The molecule has 0 aliphatic heterocycles. The van der Waals surface area contributed by atoms with Gasteiger partial charge in [-0.15, -0.1) is 0 Å². The van der Waals surface area contributed by atoms with Crippen LogP contribution < -0.4 is 10.6 Å². The first kappa shape index (κ1) is 23.1. The molecule has 0 spiro atoms. The molecule has 0 atom stereocenters. The van der Waals surface area contributed by atoms with E-state index >= 15 is 0 Å². The molecule has 2 nitrogen and oxygen atoms in total. The predicted molar refractivity (Wildman–Crippen MR) is 127 cm³/mol. The lowest BCUT2D eigenvalue weighted by molar-refractivity contribution is 0.308. The lowest BCUT2D eigenvalue weighted by Crippen LogP contribution is -2.49. The van der Waals surface area contributed by atoms with Crippen molar-refractivity contribution in [1.82, 2.24) is 10.6 Å². The van der Waals surface area contributed by atoms with Crippen molar-refractivity contribution < 1.29 is 0 Å². The Morgan fingerprint density at radius 1 is 0.655 bits per heavy atom. The highest BCUT2D eigenvalue weighted by atomic mass is 15.0. The normalized spacial score (nSPS) is 24.5. The molecule has 0 aromatic heterocycles. The highest BCUT2D eigenvalue weighted by molar-refractivity contribution is 5.46. The molecule has 2 N–H and O–H groups in total. The Morgan fingerprint density at radius 3 is 1.31 bits per heavy atom. The van der Waals surface area contributed by atoms with Gasteiger partial charge in [0, 0.05) is 29.6 Å². The Balaban J connectivity index is 1.92. The molecule has 3 aliphatic carbocycles. The van der Waals surface area contributed by atoms with Crippen LogP contribution in [0.1, 0.15) is 106 Å². The van der Waals surface area contributed by atoms with Gasteiger partial charge in [0.05, 0.1) is 0 Å². The number of hydrogen-bond acceptors (Lipinski definition) is 2. The van der Waals surface area contributed by atoms with Gasteiger partial charge in [-0.05, 0) is 90.2 Å². The van der Waals surface area contributed by atoms with Crippen LogP contribution in [-0.4, -0.2) is 24.2 Å². The zero-order valence-corrected chi connectivity index (χ0v) is 20.3. The summed E-state index contributed by atoms with van der Waals surface area (Å²) in [5.74, 6) is 1.62. The molecule has 0 saturated heterocycles. The summed E-state index contributed by atoms with van der Waals surface area (Å²) in [5.41, 5.74) is 3.91. The maximum Gasteiger partial charge on any atom is 0.0323 e. The minimum atomic E-state index is 0.111. The minimum Gasteiger partial charge on any atom is -0.311 e. The van der Waals surface area contributed by atoms with Crippen LogP contribution >= 0.6 is 0 Å². The van der Waals surface area contributed by atoms with E-state index in [2.05, 4.69) is 64.3 Å². The number of rotatable bonds is 6. The monoisotopic (exact) mass is 400 g/mol. The fourth-order valence-corrected chi connectivity index (χ4v) is 5.49. The number of hydrogen-bond donors (Lipinski definition) is 2. The van der Waals surface area contributed by atoms with E-state index in [4.69, 9.17) is 0 Å². The molecule has 0 aromatic carbocycles. The SMILES string of the molecule is CC(C)(C)NCC1(CNC(C)(C)C)C=C(C2CCCCC2)C(C2CCCCC2)=C1. The minimum absolute atomic E-state index is 0.111. The topological polar surface area (TPSA) is 24.1 Å². The van der Waals surface area contributed by atoms with E-state index in [0.717, 1.165) is 24.9 Å². The largest absolute Gasteiger partial charge is 0.311 e. The summed E-state index contributed by atoms with van der Waals surface area (Å²) in [6, 6.07) is 0. The van der Waals surface area contributed by atoms with Crippen molar-refractivity contribution in [2.45, 2.75) is 117 Å². The van der Waals surface area contributed by atoms with Gasteiger partial charge in [-0.1, -0.05) is 50.7 Å². The maximum absolute atomic E-state index is 3.86. The van der Waals surface area contributed by atoms with Gasteiger partial charge in [-0.2, -0.15) is 0 Å². The summed E-state index contributed by atoms with van der Waals surface area (Å²) in [7, 11) is 0. The van der Waals surface area contributed by atoms with E-state index in [0.29, 0.717) is 0 Å². The molecule has 0 aromatic rings. The fraction of sp³-hybridized carbons (Fsp3) is 0.852. The highest BCUT2D eigenvalue weighted by Gasteiger charge is 2.39. The maximum atomic E-state index is 3.86. The van der Waals surface area contributed by atoms with Crippen LogP contribution in [-0.2, 0) is 0 Å². The molecule has 29 heavy (non-hydrogen) atoms. The van der Waals surface area contributed by atoms with Gasteiger partial charge in [0.15, 0.2) is 0 Å². The van der Waals surface area contributed by atoms with Crippen molar-refractivity contribution in [1.29, 1.82) is 0 Å². The average Bonchev–Trinajstić information content (AvgIpc) is 3.06. The second kappa shape index (κ2) is 9.27. The average molecular weight is 401 g/mol. The van der Waals surface area contributed by atoms with E-state index in [1.54, 1.807) is 11.1 Å². The molecule has 2 heteroatoms. The second-order valence-electron chi connectivity index (χ2n) is 12.3. The van der Waals surface area contributed by atoms with E-state index in [1.165, 1.54) is 64.2 Å². The molecule has 3 aliphatic rings. The van der Waals surface area contributed by atoms with Crippen LogP contribution in [0.2, 0.25) is 0 Å². The zero-order chi connectivity index (χ0) is 21.1. The summed E-state index contributed by atoms with van der Waals surface area (Å²) in [6.45, 7) is 15.8. The van der Waals surface area contributed by atoms with Crippen LogP contribution in [0.15, 0.2) is 23.3 Å². The Bertz CT molecular complexity index is 533. The van der Waals surface area contributed by atoms with Gasteiger partial charge in [0.2, 0.25) is 0 Å². The predicted octanol–water partition coefficient (Wildman–Crippen LogP) is 6.78.